The molecule has 1 aromatic rings. The van der Waals surface area contributed by atoms with Gasteiger partial charge in [0.15, 0.2) is 0 Å². The van der Waals surface area contributed by atoms with Crippen LogP contribution in [0.25, 0.3) is 0 Å². The molecular weight excluding hydrogens is 331 g/mol. The molecule has 0 saturated carbocycles. The molecule has 0 bridgehead atoms. The van der Waals surface area contributed by atoms with Crippen molar-refractivity contribution >= 4 is 46.0 Å². The second-order valence-electron chi connectivity index (χ2n) is 3.67. The third-order valence-electron chi connectivity index (χ3n) is 2.17. The highest BCUT2D eigenvalue weighted by molar-refractivity contribution is 8.14. The minimum atomic E-state index is -3.67. The van der Waals surface area contributed by atoms with E-state index in [1.807, 2.05) is 0 Å². The first-order valence-electron chi connectivity index (χ1n) is 5.51. The summed E-state index contributed by atoms with van der Waals surface area (Å²) in [5, 5.41) is 4.81. The van der Waals surface area contributed by atoms with Crippen molar-refractivity contribution in [3.63, 3.8) is 0 Å². The van der Waals surface area contributed by atoms with Gasteiger partial charge in [0.25, 0.3) is 0 Å². The molecule has 0 N–H and O–H groups in total. The smallest absolute Gasteiger partial charge is 0.258 e. The Bertz CT molecular complexity index is 520. The third-order valence-corrected chi connectivity index (χ3v) is 4.41. The number of aliphatic imine (C=N–C) groups is 1. The fraction of sp³-hybridized carbons (Fsp3) is 0.364. The summed E-state index contributed by atoms with van der Waals surface area (Å²) in [6.45, 7) is 0.729. The Kier molecular flexibility index (Phi) is 5.34. The number of azo groups is 1. The molecule has 0 saturated heterocycles. The van der Waals surface area contributed by atoms with E-state index >= 15 is 0 Å². The van der Waals surface area contributed by atoms with Gasteiger partial charge < -0.3 is 0 Å². The van der Waals surface area contributed by atoms with Gasteiger partial charge in [-0.2, -0.15) is 8.78 Å². The van der Waals surface area contributed by atoms with Crippen molar-refractivity contribution in [2.24, 2.45) is 15.2 Å². The molecule has 1 aliphatic heterocycles. The van der Waals surface area contributed by atoms with Crippen molar-refractivity contribution in [2.45, 2.75) is 15.8 Å². The van der Waals surface area contributed by atoms with Crippen molar-refractivity contribution in [1.29, 1.82) is 0 Å². The van der Waals surface area contributed by atoms with Crippen molar-refractivity contribution in [1.82, 2.24) is 0 Å². The lowest BCUT2D eigenvalue weighted by atomic mass is 10.3. The molecule has 0 spiro atoms. The van der Waals surface area contributed by atoms with E-state index in [-0.39, 0.29) is 16.7 Å². The minimum Gasteiger partial charge on any atom is -0.258 e. The monoisotopic (exact) mass is 339 g/mol. The lowest BCUT2D eigenvalue weighted by Gasteiger charge is -2.14. The quantitative estimate of drug-likeness (QED) is 0.435. The van der Waals surface area contributed by atoms with E-state index in [1.165, 1.54) is 36.0 Å². The van der Waals surface area contributed by atoms with E-state index in [1.54, 1.807) is 0 Å². The van der Waals surface area contributed by atoms with Gasteiger partial charge in [-0.25, -0.2) is 4.39 Å². The molecule has 2 rings (SSSR count). The van der Waals surface area contributed by atoms with Gasteiger partial charge in [-0.1, -0.05) is 23.4 Å². The number of hydrogen-bond acceptors (Lipinski definition) is 5. The number of nitrogens with zero attached hydrogens (tertiary/aromatic N) is 3. The fourth-order valence-corrected chi connectivity index (χ4v) is 2.72. The highest BCUT2D eigenvalue weighted by atomic mass is 35.5. The molecule has 1 unspecified atom stereocenters. The number of benzene rings is 1. The Morgan fingerprint density at radius 2 is 2.00 bits per heavy atom. The predicted octanol–water partition coefficient (Wildman–Crippen LogP) is 5.09. The molecule has 1 heterocycles. The van der Waals surface area contributed by atoms with Crippen molar-refractivity contribution < 1.29 is 13.2 Å². The van der Waals surface area contributed by atoms with Crippen LogP contribution in [-0.2, 0) is 0 Å². The summed E-state index contributed by atoms with van der Waals surface area (Å²) >= 11 is 6.36. The fourth-order valence-electron chi connectivity index (χ4n) is 1.27. The maximum atomic E-state index is 13.1. The van der Waals surface area contributed by atoms with E-state index in [4.69, 9.17) is 11.6 Å². The molecule has 0 aliphatic carbocycles. The van der Waals surface area contributed by atoms with Crippen molar-refractivity contribution in [2.75, 3.05) is 12.3 Å². The van der Waals surface area contributed by atoms with Gasteiger partial charge in [0.2, 0.25) is 10.8 Å². The van der Waals surface area contributed by atoms with Crippen LogP contribution in [0.3, 0.4) is 0 Å². The number of thioether (sulfide) groups is 2. The summed E-state index contributed by atoms with van der Waals surface area (Å²) < 4.78 is 38.6. The Morgan fingerprint density at radius 3 is 2.55 bits per heavy atom. The lowest BCUT2D eigenvalue weighted by Crippen LogP contribution is -2.20. The van der Waals surface area contributed by atoms with Gasteiger partial charge in [-0.15, -0.1) is 10.2 Å². The molecule has 9 heteroatoms. The summed E-state index contributed by atoms with van der Waals surface area (Å²) in [7, 11) is 0. The van der Waals surface area contributed by atoms with Crippen LogP contribution in [0.2, 0.25) is 0 Å². The number of hydrogen-bond donors (Lipinski definition) is 0. The number of halogens is 4. The normalized spacial score (nSPS) is 17.5. The van der Waals surface area contributed by atoms with Gasteiger partial charge in [0.1, 0.15) is 0 Å². The minimum absolute atomic E-state index is 0.0657. The summed E-state index contributed by atoms with van der Waals surface area (Å²) in [6.07, 6.45) is 0. The zero-order valence-electron chi connectivity index (χ0n) is 9.97. The Labute approximate surface area is 127 Å². The molecule has 0 radical (unpaired) electrons. The van der Waals surface area contributed by atoms with E-state index in [2.05, 4.69) is 15.2 Å². The van der Waals surface area contributed by atoms with Crippen molar-refractivity contribution in [3.05, 3.63) is 24.3 Å². The standard InChI is InChI=1S/C11H9ClF3N3S2/c12-9(13)11(14,15)20-8-3-1-7(2-4-8)17-18-10-16-5-6-19-10/h1-4,9H,5-6H2. The van der Waals surface area contributed by atoms with Crippen LogP contribution in [0.5, 0.6) is 0 Å². The molecule has 1 atom stereocenters. The van der Waals surface area contributed by atoms with E-state index in [0.717, 1.165) is 12.3 Å². The Balaban J connectivity index is 1.99. The average molecular weight is 340 g/mol. The summed E-state index contributed by atoms with van der Waals surface area (Å²) in [5.74, 6) is 0.891. The molecule has 3 nitrogen and oxygen atoms in total. The van der Waals surface area contributed by atoms with Gasteiger partial charge in [-0.3, -0.25) is 4.99 Å². The van der Waals surface area contributed by atoms with Gasteiger partial charge in [0.05, 0.1) is 12.2 Å². The predicted molar refractivity (Wildman–Crippen MR) is 77.3 cm³/mol. The van der Waals surface area contributed by atoms with E-state index < -0.39 is 10.9 Å². The van der Waals surface area contributed by atoms with Crippen LogP contribution < -0.4 is 0 Å². The van der Waals surface area contributed by atoms with Crippen LogP contribution in [0, 0.1) is 0 Å². The van der Waals surface area contributed by atoms with Crippen molar-refractivity contribution in [3.8, 4) is 0 Å². The average Bonchev–Trinajstić information content (AvgIpc) is 2.90. The number of rotatable bonds is 4. The van der Waals surface area contributed by atoms with E-state index in [0.29, 0.717) is 10.9 Å². The highest BCUT2D eigenvalue weighted by Crippen LogP contribution is 2.41. The molecule has 20 heavy (non-hydrogen) atoms. The zero-order chi connectivity index (χ0) is 14.6. The van der Waals surface area contributed by atoms with Gasteiger partial charge in [-0.05, 0) is 36.0 Å². The second-order valence-corrected chi connectivity index (χ2v) is 6.34. The summed E-state index contributed by atoms with van der Waals surface area (Å²) in [6, 6.07) is 5.86. The van der Waals surface area contributed by atoms with Crippen LogP contribution in [0.15, 0.2) is 44.4 Å². The van der Waals surface area contributed by atoms with Gasteiger partial charge >= 0.3 is 5.25 Å². The number of alkyl halides is 4. The molecule has 0 amide bonds. The first-order valence-corrected chi connectivity index (χ1v) is 7.75. The largest absolute Gasteiger partial charge is 0.342 e. The molecule has 0 fully saturated rings. The SMILES string of the molecule is FC(Cl)C(F)(F)Sc1ccc(N=NC2=NCCS2)cc1. The topological polar surface area (TPSA) is 37.1 Å². The van der Waals surface area contributed by atoms with E-state index in [9.17, 15) is 13.2 Å². The second kappa shape index (κ2) is 6.82. The molecule has 108 valence electrons. The first kappa shape index (κ1) is 15.7. The third kappa shape index (κ3) is 4.39. The van der Waals surface area contributed by atoms with Crippen LogP contribution in [0.1, 0.15) is 0 Å². The van der Waals surface area contributed by atoms with Crippen LogP contribution in [-0.4, -0.2) is 28.4 Å². The number of amidine groups is 1. The molecule has 1 aromatic carbocycles. The maximum absolute atomic E-state index is 13.1. The molecule has 0 aromatic heterocycles. The zero-order valence-corrected chi connectivity index (χ0v) is 12.4. The van der Waals surface area contributed by atoms with Crippen LogP contribution in [0.4, 0.5) is 18.9 Å². The summed E-state index contributed by atoms with van der Waals surface area (Å²) in [5.41, 5.74) is -2.22. The lowest BCUT2D eigenvalue weighted by molar-refractivity contribution is 0.0537. The molecular formula is C11H9ClF3N3S2. The summed E-state index contributed by atoms with van der Waals surface area (Å²) in [4.78, 5) is 4.29. The Hall–Kier alpha value is -0.730. The molecule has 1 aliphatic rings. The highest BCUT2D eigenvalue weighted by Gasteiger charge is 2.40. The first-order chi connectivity index (χ1) is 9.47. The van der Waals surface area contributed by atoms with Crippen LogP contribution >= 0.6 is 35.1 Å². The maximum Gasteiger partial charge on any atom is 0.342 e. The Morgan fingerprint density at radius 1 is 1.30 bits per heavy atom. The van der Waals surface area contributed by atoms with Gasteiger partial charge in [0, 0.05) is 10.6 Å².